The summed E-state index contributed by atoms with van der Waals surface area (Å²) >= 11 is 0. The summed E-state index contributed by atoms with van der Waals surface area (Å²) in [6.45, 7) is 26.2. The highest BCUT2D eigenvalue weighted by Crippen LogP contribution is 2.73. The van der Waals surface area contributed by atoms with Gasteiger partial charge >= 0.3 is 0 Å². The summed E-state index contributed by atoms with van der Waals surface area (Å²) < 4.78 is 48.6. The second-order valence-electron chi connectivity index (χ2n) is 34.0. The first-order valence-corrected chi connectivity index (χ1v) is 35.2. The van der Waals surface area contributed by atoms with Crippen molar-refractivity contribution in [1.29, 1.82) is 0 Å². The molecule has 25 atom stereocenters. The van der Waals surface area contributed by atoms with E-state index in [0.717, 1.165) is 130 Å². The molecule has 16 rings (SSSR count). The Morgan fingerprint density at radius 2 is 0.738 bits per heavy atom. The molecule has 84 heavy (non-hydrogen) atoms. The molecule has 13 heteroatoms. The number of rotatable bonds is 3. The Bertz CT molecular complexity index is 2410. The van der Waals surface area contributed by atoms with Gasteiger partial charge in [0.15, 0.2) is 23.1 Å². The molecule has 4 N–H and O–H groups in total. The third-order valence-corrected chi connectivity index (χ3v) is 30.9. The standard InChI is InChI=1S/C25H40O5.C23H38O4.C23H36O4/c1-22-8-9-25(29-12-13-30-25)14-16(22)4-5-17-18-6-7-20(24(3)27-10-11-28-24)23(18,2)15-19(26)21(17)22;2*1-14(24)17-6-7-18-16-5-4-15-12-23(26-10-11-27-23)9-8-21(15,2)20(16)19(25)13-22(17,18)3/h16-21,26H,4-15H2,1-3H3;14-20,24-25H,4-13H2,1-3H3;15-20,25H,4-13H2,1-3H3/t16?,17-,18-,19-,20-,21+,22-,23-;14?,15?,16-,17+,18-,19-,20+,21-,22+;15?,16-,17+,18-,19-,20+,21-,22+/m000/s1. The Labute approximate surface area is 504 Å². The van der Waals surface area contributed by atoms with Crippen LogP contribution >= 0.6 is 0 Å². The Kier molecular flexibility index (Phi) is 15.5. The molecule has 0 aromatic carbocycles. The molecule has 3 spiro atoms. The van der Waals surface area contributed by atoms with Crippen LogP contribution in [0.3, 0.4) is 0 Å². The molecule has 4 heterocycles. The van der Waals surface area contributed by atoms with Crippen LogP contribution in [0.25, 0.3) is 0 Å². The van der Waals surface area contributed by atoms with Gasteiger partial charge in [-0.2, -0.15) is 0 Å². The van der Waals surface area contributed by atoms with Gasteiger partial charge in [-0.3, -0.25) is 4.79 Å². The summed E-state index contributed by atoms with van der Waals surface area (Å²) in [5.74, 6) is 6.47. The monoisotopic (exact) mass is 1170 g/mol. The lowest BCUT2D eigenvalue weighted by Gasteiger charge is -2.63. The normalized spacial score (nSPS) is 54.2. The fourth-order valence-corrected chi connectivity index (χ4v) is 27.3. The Morgan fingerprint density at radius 1 is 0.393 bits per heavy atom. The Morgan fingerprint density at radius 3 is 1.14 bits per heavy atom. The van der Waals surface area contributed by atoms with Gasteiger partial charge < -0.3 is 58.3 Å². The van der Waals surface area contributed by atoms with Gasteiger partial charge in [-0.1, -0.05) is 41.5 Å². The summed E-state index contributed by atoms with van der Waals surface area (Å²) in [4.78, 5) is 12.3. The molecule has 0 radical (unpaired) electrons. The van der Waals surface area contributed by atoms with Crippen LogP contribution in [0.5, 0.6) is 0 Å². The number of aliphatic hydroxyl groups excluding tert-OH is 4. The predicted octanol–water partition coefficient (Wildman–Crippen LogP) is 11.8. The van der Waals surface area contributed by atoms with Crippen LogP contribution in [0.1, 0.15) is 216 Å². The first-order valence-electron chi connectivity index (χ1n) is 35.2. The maximum Gasteiger partial charge on any atom is 0.169 e. The number of ether oxygens (including phenoxy) is 8. The van der Waals surface area contributed by atoms with E-state index >= 15 is 0 Å². The SMILES string of the molecule is CC(=O)[C@H]1CC[C@H]2[C@@H]3CCC4CC5(CC[C@]4(C)[C@H]3[C@@H](O)C[C@]12C)OCCO5.CC(O)[C@H]1CC[C@H]2[C@@H]3CCC4CC5(CC[C@]4(C)[C@H]3[C@@H](O)C[C@]12C)OCCO5.CC1([C@H]2CC[C@H]3[C@@H]4CCC5CC6(CC[C@]5(C)[C@H]4[C@@H](O)C[C@]23C)OCCO6)OCCO1. The van der Waals surface area contributed by atoms with Gasteiger partial charge in [0.2, 0.25) is 0 Å². The van der Waals surface area contributed by atoms with Gasteiger partial charge in [-0.25, -0.2) is 0 Å². The molecule has 16 fully saturated rings. The van der Waals surface area contributed by atoms with Crippen LogP contribution in [0.15, 0.2) is 0 Å². The molecular weight excluding hydrogens is 1060 g/mol. The van der Waals surface area contributed by atoms with Crippen LogP contribution in [-0.2, 0) is 42.7 Å². The number of aliphatic hydroxyl groups is 4. The summed E-state index contributed by atoms with van der Waals surface area (Å²) in [6, 6.07) is 0. The highest BCUT2D eigenvalue weighted by atomic mass is 16.8. The zero-order valence-corrected chi connectivity index (χ0v) is 53.6. The summed E-state index contributed by atoms with van der Waals surface area (Å²) in [5, 5.41) is 44.9. The Hall–Kier alpha value is -0.810. The van der Waals surface area contributed by atoms with Crippen molar-refractivity contribution in [3.63, 3.8) is 0 Å². The van der Waals surface area contributed by atoms with Crippen LogP contribution in [-0.4, -0.2) is 127 Å². The zero-order valence-electron chi connectivity index (χ0n) is 53.6. The van der Waals surface area contributed by atoms with E-state index in [-0.39, 0.29) is 80.2 Å². The predicted molar refractivity (Wildman–Crippen MR) is 316 cm³/mol. The largest absolute Gasteiger partial charge is 0.393 e. The molecule has 12 aliphatic carbocycles. The van der Waals surface area contributed by atoms with Crippen molar-refractivity contribution in [2.45, 2.75) is 264 Å². The minimum Gasteiger partial charge on any atom is -0.393 e. The number of hydrogen-bond acceptors (Lipinski definition) is 13. The van der Waals surface area contributed by atoms with Crippen LogP contribution < -0.4 is 0 Å². The smallest absolute Gasteiger partial charge is 0.169 e. The van der Waals surface area contributed by atoms with Crippen molar-refractivity contribution >= 4 is 5.78 Å². The lowest BCUT2D eigenvalue weighted by atomic mass is 9.43. The highest BCUT2D eigenvalue weighted by Gasteiger charge is 2.70. The van der Waals surface area contributed by atoms with Crippen LogP contribution in [0.4, 0.5) is 0 Å². The lowest BCUT2D eigenvalue weighted by molar-refractivity contribution is -0.254. The molecule has 4 saturated heterocycles. The number of Topliss-reactive ketones (excluding diaryl/α,β-unsaturated/α-hetero) is 1. The topological polar surface area (TPSA) is 172 Å². The summed E-state index contributed by atoms with van der Waals surface area (Å²) in [7, 11) is 0. The quantitative estimate of drug-likeness (QED) is 0.211. The second-order valence-corrected chi connectivity index (χ2v) is 34.0. The molecule has 0 aromatic rings. The molecule has 4 unspecified atom stereocenters. The molecule has 4 aliphatic heterocycles. The maximum atomic E-state index is 12.3. The number of carbonyl (C=O) groups is 1. The van der Waals surface area contributed by atoms with Crippen molar-refractivity contribution in [3.05, 3.63) is 0 Å². The van der Waals surface area contributed by atoms with E-state index < -0.39 is 5.79 Å². The van der Waals surface area contributed by atoms with Gasteiger partial charge in [0, 0.05) is 50.4 Å². The van der Waals surface area contributed by atoms with E-state index in [0.29, 0.717) is 102 Å². The molecule has 0 aromatic heterocycles. The molecule has 16 aliphatic rings. The zero-order chi connectivity index (χ0) is 58.8. The van der Waals surface area contributed by atoms with Gasteiger partial charge in [-0.05, 0) is 246 Å². The van der Waals surface area contributed by atoms with Crippen LogP contribution in [0.2, 0.25) is 0 Å². The maximum absolute atomic E-state index is 12.3. The fourth-order valence-electron chi connectivity index (χ4n) is 27.3. The van der Waals surface area contributed by atoms with E-state index in [1.807, 2.05) is 6.92 Å². The third kappa shape index (κ3) is 9.20. The van der Waals surface area contributed by atoms with E-state index in [4.69, 9.17) is 37.9 Å². The average Bonchev–Trinajstić information content (AvgIpc) is 1.32. The number of fused-ring (bicyclic) bond motifs is 15. The van der Waals surface area contributed by atoms with Crippen molar-refractivity contribution in [3.8, 4) is 0 Å². The van der Waals surface area contributed by atoms with Crippen molar-refractivity contribution < 1.29 is 63.1 Å². The summed E-state index contributed by atoms with van der Waals surface area (Å²) in [6.07, 6.45) is 25.2. The van der Waals surface area contributed by atoms with Gasteiger partial charge in [0.05, 0.1) is 77.3 Å². The number of carbonyl (C=O) groups excluding carboxylic acids is 1. The second kappa shape index (κ2) is 21.4. The average molecular weight is 1180 g/mol. The number of hydrogen-bond donors (Lipinski definition) is 4. The minimum atomic E-state index is -0.467. The Balaban J connectivity index is 0.000000112. The molecule has 0 amide bonds. The van der Waals surface area contributed by atoms with Crippen molar-refractivity contribution in [1.82, 2.24) is 0 Å². The van der Waals surface area contributed by atoms with E-state index in [9.17, 15) is 25.2 Å². The van der Waals surface area contributed by atoms with E-state index in [1.165, 1.54) is 64.2 Å². The summed E-state index contributed by atoms with van der Waals surface area (Å²) in [5.41, 5.74) is 0.795. The highest BCUT2D eigenvalue weighted by molar-refractivity contribution is 5.79. The van der Waals surface area contributed by atoms with Crippen molar-refractivity contribution in [2.75, 3.05) is 52.9 Å². The van der Waals surface area contributed by atoms with Gasteiger partial charge in [-0.15, -0.1) is 0 Å². The minimum absolute atomic E-state index is 0.00315. The fraction of sp³-hybridized carbons (Fsp3) is 0.986. The lowest BCUT2D eigenvalue weighted by Crippen LogP contribution is -2.61. The number of ketones is 1. The first kappa shape index (κ1) is 60.7. The molecule has 0 bridgehead atoms. The van der Waals surface area contributed by atoms with E-state index in [1.54, 1.807) is 6.92 Å². The first-order chi connectivity index (χ1) is 39.9. The van der Waals surface area contributed by atoms with E-state index in [2.05, 4.69) is 48.5 Å². The van der Waals surface area contributed by atoms with Gasteiger partial charge in [0.1, 0.15) is 5.78 Å². The molecule has 476 valence electrons. The third-order valence-electron chi connectivity index (χ3n) is 30.9. The van der Waals surface area contributed by atoms with Crippen molar-refractivity contribution in [2.24, 2.45) is 121 Å². The van der Waals surface area contributed by atoms with Gasteiger partial charge in [0.25, 0.3) is 0 Å². The molecule has 13 nitrogen and oxygen atoms in total. The molecule has 12 saturated carbocycles. The van der Waals surface area contributed by atoms with Crippen LogP contribution in [0, 0.1) is 121 Å². The molecular formula is C71H114O13.